The third kappa shape index (κ3) is 3.95. The van der Waals surface area contributed by atoms with Gasteiger partial charge in [0.05, 0.1) is 5.69 Å². The van der Waals surface area contributed by atoms with Crippen LogP contribution in [-0.4, -0.2) is 15.7 Å². The zero-order chi connectivity index (χ0) is 14.4. The number of aromatic nitrogens is 2. The van der Waals surface area contributed by atoms with E-state index in [4.69, 9.17) is 0 Å². The molecule has 0 atom stereocenters. The monoisotopic (exact) mass is 271 g/mol. The van der Waals surface area contributed by atoms with Gasteiger partial charge in [0.2, 0.25) is 5.91 Å². The number of hydrogen-bond donors (Lipinski definition) is 1. The molecule has 1 aromatic heterocycles. The second-order valence-electron chi connectivity index (χ2n) is 4.86. The highest BCUT2D eigenvalue weighted by Crippen LogP contribution is 2.06. The van der Waals surface area contributed by atoms with Crippen LogP contribution in [0, 0.1) is 6.92 Å². The highest BCUT2D eigenvalue weighted by atomic mass is 16.1. The first-order chi connectivity index (χ1) is 9.69. The van der Waals surface area contributed by atoms with Gasteiger partial charge in [-0.2, -0.15) is 5.10 Å². The summed E-state index contributed by atoms with van der Waals surface area (Å²) in [6.45, 7) is 5.43. The lowest BCUT2D eigenvalue weighted by Crippen LogP contribution is -2.23. The van der Waals surface area contributed by atoms with Crippen LogP contribution in [0.2, 0.25) is 0 Å². The van der Waals surface area contributed by atoms with Crippen LogP contribution >= 0.6 is 0 Å². The molecule has 4 nitrogen and oxygen atoms in total. The molecule has 0 spiro atoms. The second-order valence-corrected chi connectivity index (χ2v) is 4.86. The molecule has 0 aliphatic rings. The first kappa shape index (κ1) is 14.3. The highest BCUT2D eigenvalue weighted by molar-refractivity contribution is 5.76. The molecule has 0 fully saturated rings. The number of carbonyl (C=O) groups excluding carboxylic acids is 1. The molecule has 106 valence electrons. The number of aryl methyl sites for hydroxylation is 3. The molecule has 1 heterocycles. The molecule has 2 aromatic rings. The molecular formula is C16H21N3O. The number of hydrogen-bond acceptors (Lipinski definition) is 2. The quantitative estimate of drug-likeness (QED) is 0.877. The van der Waals surface area contributed by atoms with Crippen LogP contribution in [0.1, 0.15) is 30.2 Å². The van der Waals surface area contributed by atoms with E-state index in [2.05, 4.69) is 17.3 Å². The van der Waals surface area contributed by atoms with Crippen molar-refractivity contribution >= 4 is 5.91 Å². The van der Waals surface area contributed by atoms with Crippen molar-refractivity contribution in [3.63, 3.8) is 0 Å². The van der Waals surface area contributed by atoms with Gasteiger partial charge in [-0.1, -0.05) is 30.3 Å². The van der Waals surface area contributed by atoms with Crippen LogP contribution < -0.4 is 5.32 Å². The van der Waals surface area contributed by atoms with E-state index in [1.165, 1.54) is 5.56 Å². The summed E-state index contributed by atoms with van der Waals surface area (Å²) in [4.78, 5) is 11.8. The number of nitrogens with one attached hydrogen (secondary N) is 1. The smallest absolute Gasteiger partial charge is 0.220 e. The minimum Gasteiger partial charge on any atom is -0.352 e. The molecule has 0 aliphatic heterocycles. The number of amides is 1. The predicted octanol–water partition coefficient (Wildman–Crippen LogP) is 2.46. The molecule has 1 amide bonds. The van der Waals surface area contributed by atoms with Gasteiger partial charge in [-0.3, -0.25) is 9.48 Å². The van der Waals surface area contributed by atoms with Gasteiger partial charge in [-0.05, 0) is 25.8 Å². The number of carbonyl (C=O) groups is 1. The van der Waals surface area contributed by atoms with Crippen LogP contribution in [0.5, 0.6) is 0 Å². The van der Waals surface area contributed by atoms with Crippen LogP contribution in [0.25, 0.3) is 0 Å². The minimum atomic E-state index is 0.0810. The molecule has 0 aliphatic carbocycles. The van der Waals surface area contributed by atoms with Crippen molar-refractivity contribution in [3.8, 4) is 0 Å². The molecule has 4 heteroatoms. The van der Waals surface area contributed by atoms with Crippen molar-refractivity contribution < 1.29 is 4.79 Å². The van der Waals surface area contributed by atoms with Crippen molar-refractivity contribution in [2.24, 2.45) is 0 Å². The van der Waals surface area contributed by atoms with E-state index in [1.54, 1.807) is 0 Å². The lowest BCUT2D eigenvalue weighted by atomic mass is 10.1. The Morgan fingerprint density at radius 1 is 1.30 bits per heavy atom. The zero-order valence-electron chi connectivity index (χ0n) is 12.1. The van der Waals surface area contributed by atoms with E-state index in [-0.39, 0.29) is 5.91 Å². The van der Waals surface area contributed by atoms with Crippen LogP contribution in [0.3, 0.4) is 0 Å². The largest absolute Gasteiger partial charge is 0.352 e. The van der Waals surface area contributed by atoms with Gasteiger partial charge in [0, 0.05) is 31.3 Å². The lowest BCUT2D eigenvalue weighted by Gasteiger charge is -2.04. The summed E-state index contributed by atoms with van der Waals surface area (Å²) in [5, 5.41) is 7.32. The Labute approximate surface area is 119 Å². The average Bonchev–Trinajstić information content (AvgIpc) is 2.84. The van der Waals surface area contributed by atoms with Crippen LogP contribution in [-0.2, 0) is 24.3 Å². The summed E-state index contributed by atoms with van der Waals surface area (Å²) in [6.07, 6.45) is 3.29. The fourth-order valence-corrected chi connectivity index (χ4v) is 2.08. The van der Waals surface area contributed by atoms with Gasteiger partial charge in [-0.25, -0.2) is 0 Å². The second kappa shape index (κ2) is 6.89. The molecule has 0 bridgehead atoms. The lowest BCUT2D eigenvalue weighted by molar-refractivity contribution is -0.121. The number of rotatable bonds is 6. The maximum Gasteiger partial charge on any atom is 0.220 e. The standard InChI is InChI=1S/C16H21N3O/c1-3-19-12-15(13(2)18-19)11-17-16(20)10-9-14-7-5-4-6-8-14/h4-8,12H,3,9-11H2,1-2H3,(H,17,20). The molecule has 20 heavy (non-hydrogen) atoms. The summed E-state index contributed by atoms with van der Waals surface area (Å²) in [6, 6.07) is 10.1. The Bertz CT molecular complexity index is 560. The van der Waals surface area contributed by atoms with Gasteiger partial charge >= 0.3 is 0 Å². The Kier molecular flexibility index (Phi) is 4.93. The fourth-order valence-electron chi connectivity index (χ4n) is 2.08. The van der Waals surface area contributed by atoms with Crippen molar-refractivity contribution in [2.45, 2.75) is 39.8 Å². The molecule has 1 aromatic carbocycles. The van der Waals surface area contributed by atoms with E-state index >= 15 is 0 Å². The first-order valence-corrected chi connectivity index (χ1v) is 7.02. The van der Waals surface area contributed by atoms with Crippen molar-refractivity contribution in [2.75, 3.05) is 0 Å². The number of nitrogens with zero attached hydrogens (tertiary/aromatic N) is 2. The summed E-state index contributed by atoms with van der Waals surface area (Å²) >= 11 is 0. The summed E-state index contributed by atoms with van der Waals surface area (Å²) < 4.78 is 1.89. The Balaban J connectivity index is 1.79. The fraction of sp³-hybridized carbons (Fsp3) is 0.375. The van der Waals surface area contributed by atoms with Gasteiger partial charge in [0.15, 0.2) is 0 Å². The molecule has 0 saturated heterocycles. The third-order valence-corrected chi connectivity index (χ3v) is 3.33. The van der Waals surface area contributed by atoms with E-state index in [0.717, 1.165) is 24.2 Å². The average molecular weight is 271 g/mol. The van der Waals surface area contributed by atoms with Crippen molar-refractivity contribution in [1.82, 2.24) is 15.1 Å². The van der Waals surface area contributed by atoms with Gasteiger partial charge < -0.3 is 5.32 Å². The van der Waals surface area contributed by atoms with Gasteiger partial charge in [-0.15, -0.1) is 0 Å². The molecule has 2 rings (SSSR count). The zero-order valence-corrected chi connectivity index (χ0v) is 12.1. The SMILES string of the molecule is CCn1cc(CNC(=O)CCc2ccccc2)c(C)n1. The highest BCUT2D eigenvalue weighted by Gasteiger charge is 2.06. The molecule has 0 saturated carbocycles. The molecule has 0 radical (unpaired) electrons. The normalized spacial score (nSPS) is 10.5. The summed E-state index contributed by atoms with van der Waals surface area (Å²) in [5.41, 5.74) is 3.26. The van der Waals surface area contributed by atoms with Gasteiger partial charge in [0.1, 0.15) is 0 Å². The predicted molar refractivity (Wildman–Crippen MR) is 79.2 cm³/mol. The van der Waals surface area contributed by atoms with E-state index in [0.29, 0.717) is 13.0 Å². The summed E-state index contributed by atoms with van der Waals surface area (Å²) in [5.74, 6) is 0.0810. The van der Waals surface area contributed by atoms with Crippen molar-refractivity contribution in [1.29, 1.82) is 0 Å². The molecular weight excluding hydrogens is 250 g/mol. The van der Waals surface area contributed by atoms with Crippen molar-refractivity contribution in [3.05, 3.63) is 53.3 Å². The maximum atomic E-state index is 11.8. The number of benzene rings is 1. The van der Waals surface area contributed by atoms with Crippen LogP contribution in [0.15, 0.2) is 36.5 Å². The maximum absolute atomic E-state index is 11.8. The molecule has 1 N–H and O–H groups in total. The van der Waals surface area contributed by atoms with E-state index in [1.807, 2.05) is 48.1 Å². The topological polar surface area (TPSA) is 46.9 Å². The van der Waals surface area contributed by atoms with Crippen LogP contribution in [0.4, 0.5) is 0 Å². The third-order valence-electron chi connectivity index (χ3n) is 3.33. The Morgan fingerprint density at radius 3 is 2.70 bits per heavy atom. The molecule has 0 unspecified atom stereocenters. The Morgan fingerprint density at radius 2 is 2.05 bits per heavy atom. The Hall–Kier alpha value is -2.10. The van der Waals surface area contributed by atoms with Gasteiger partial charge in [0.25, 0.3) is 0 Å². The summed E-state index contributed by atoms with van der Waals surface area (Å²) in [7, 11) is 0. The van der Waals surface area contributed by atoms with E-state index < -0.39 is 0 Å². The first-order valence-electron chi connectivity index (χ1n) is 7.02. The van der Waals surface area contributed by atoms with E-state index in [9.17, 15) is 4.79 Å². The minimum absolute atomic E-state index is 0.0810.